The van der Waals surface area contributed by atoms with Crippen LogP contribution >= 0.6 is 11.3 Å². The van der Waals surface area contributed by atoms with E-state index in [0.717, 1.165) is 13.0 Å². The Labute approximate surface area is 119 Å². The highest BCUT2D eigenvalue weighted by atomic mass is 32.1. The molecular formula is C16H21NOS. The second-order valence-corrected chi connectivity index (χ2v) is 5.52. The largest absolute Gasteiger partial charge is 0.383 e. The summed E-state index contributed by atoms with van der Waals surface area (Å²) in [5.41, 5.74) is 2.72. The highest BCUT2D eigenvalue weighted by molar-refractivity contribution is 7.10. The third-order valence-electron chi connectivity index (χ3n) is 3.26. The third-order valence-corrected chi connectivity index (χ3v) is 4.23. The molecule has 2 rings (SSSR count). The van der Waals surface area contributed by atoms with Crippen LogP contribution in [0.5, 0.6) is 0 Å². The van der Waals surface area contributed by atoms with Gasteiger partial charge >= 0.3 is 0 Å². The molecule has 0 amide bonds. The van der Waals surface area contributed by atoms with Crippen LogP contribution in [0.1, 0.15) is 29.0 Å². The summed E-state index contributed by atoms with van der Waals surface area (Å²) in [6.45, 7) is 3.80. The molecule has 0 saturated carbocycles. The molecule has 19 heavy (non-hydrogen) atoms. The minimum Gasteiger partial charge on any atom is -0.383 e. The molecule has 3 heteroatoms. The van der Waals surface area contributed by atoms with E-state index in [0.29, 0.717) is 6.61 Å². The molecule has 1 heterocycles. The van der Waals surface area contributed by atoms with Crippen LogP contribution in [0.4, 0.5) is 0 Å². The van der Waals surface area contributed by atoms with Crippen LogP contribution in [0, 0.1) is 0 Å². The summed E-state index contributed by atoms with van der Waals surface area (Å²) in [7, 11) is 1.75. The second-order valence-electron chi connectivity index (χ2n) is 4.52. The maximum atomic E-state index is 5.33. The number of aryl methyl sites for hydroxylation is 1. The standard InChI is InChI=1S/C16H21NOS/c1-3-13-9-10-19-16(13)11-17-15(12-18-2)14-7-5-4-6-8-14/h4-10,15,17H,3,11-12H2,1-2H3. The summed E-state index contributed by atoms with van der Waals surface area (Å²) in [5, 5.41) is 5.77. The van der Waals surface area contributed by atoms with Gasteiger partial charge in [-0.2, -0.15) is 0 Å². The molecule has 1 atom stereocenters. The lowest BCUT2D eigenvalue weighted by molar-refractivity contribution is 0.166. The molecule has 0 fully saturated rings. The predicted molar refractivity (Wildman–Crippen MR) is 81.6 cm³/mol. The fourth-order valence-electron chi connectivity index (χ4n) is 2.18. The van der Waals surface area contributed by atoms with Gasteiger partial charge in [-0.15, -0.1) is 11.3 Å². The lowest BCUT2D eigenvalue weighted by Crippen LogP contribution is -2.24. The third kappa shape index (κ3) is 3.90. The summed E-state index contributed by atoms with van der Waals surface area (Å²) in [6, 6.07) is 12.9. The molecule has 1 N–H and O–H groups in total. The Hall–Kier alpha value is -1.16. The van der Waals surface area contributed by atoms with Crippen molar-refractivity contribution in [1.82, 2.24) is 5.32 Å². The zero-order chi connectivity index (χ0) is 13.5. The summed E-state index contributed by atoms with van der Waals surface area (Å²) >= 11 is 1.83. The zero-order valence-electron chi connectivity index (χ0n) is 11.6. The fraction of sp³-hybridized carbons (Fsp3) is 0.375. The van der Waals surface area contributed by atoms with Crippen molar-refractivity contribution in [3.8, 4) is 0 Å². The summed E-state index contributed by atoms with van der Waals surface area (Å²) in [6.07, 6.45) is 1.10. The molecule has 2 aromatic rings. The molecule has 0 aliphatic carbocycles. The normalized spacial score (nSPS) is 12.5. The van der Waals surface area contributed by atoms with Crippen molar-refractivity contribution in [3.63, 3.8) is 0 Å². The van der Waals surface area contributed by atoms with Gasteiger partial charge in [-0.3, -0.25) is 0 Å². The average molecular weight is 275 g/mol. The summed E-state index contributed by atoms with van der Waals surface area (Å²) in [5.74, 6) is 0. The Morgan fingerprint density at radius 2 is 2.00 bits per heavy atom. The van der Waals surface area contributed by atoms with Crippen molar-refractivity contribution in [2.45, 2.75) is 25.9 Å². The number of ether oxygens (including phenoxy) is 1. The van der Waals surface area contributed by atoms with Crippen LogP contribution in [-0.2, 0) is 17.7 Å². The van der Waals surface area contributed by atoms with E-state index in [1.807, 2.05) is 17.4 Å². The molecule has 1 aromatic heterocycles. The Morgan fingerprint density at radius 1 is 1.21 bits per heavy atom. The number of nitrogens with one attached hydrogen (secondary N) is 1. The van der Waals surface area contributed by atoms with E-state index < -0.39 is 0 Å². The zero-order valence-corrected chi connectivity index (χ0v) is 12.4. The van der Waals surface area contributed by atoms with Gasteiger partial charge in [-0.05, 0) is 29.0 Å². The number of methoxy groups -OCH3 is 1. The van der Waals surface area contributed by atoms with Gasteiger partial charge in [0.15, 0.2) is 0 Å². The molecule has 1 aromatic carbocycles. The van der Waals surface area contributed by atoms with Gasteiger partial charge in [0.05, 0.1) is 12.6 Å². The van der Waals surface area contributed by atoms with Crippen LogP contribution in [0.25, 0.3) is 0 Å². The van der Waals surface area contributed by atoms with Crippen LogP contribution in [-0.4, -0.2) is 13.7 Å². The average Bonchev–Trinajstić information content (AvgIpc) is 2.92. The predicted octanol–water partition coefficient (Wildman–Crippen LogP) is 3.79. The van der Waals surface area contributed by atoms with Crippen molar-refractivity contribution in [3.05, 3.63) is 57.8 Å². The Bertz CT molecular complexity index is 481. The molecule has 0 aliphatic rings. The molecule has 0 bridgehead atoms. The van der Waals surface area contributed by atoms with Gasteiger partial charge in [-0.25, -0.2) is 0 Å². The highest BCUT2D eigenvalue weighted by Crippen LogP contribution is 2.19. The fourth-order valence-corrected chi connectivity index (χ4v) is 3.11. The van der Waals surface area contributed by atoms with Gasteiger partial charge < -0.3 is 10.1 Å². The number of thiophene rings is 1. The molecule has 0 saturated heterocycles. The molecule has 1 unspecified atom stereocenters. The summed E-state index contributed by atoms with van der Waals surface area (Å²) < 4.78 is 5.33. The summed E-state index contributed by atoms with van der Waals surface area (Å²) in [4.78, 5) is 1.43. The smallest absolute Gasteiger partial charge is 0.0657 e. The van der Waals surface area contributed by atoms with Gasteiger partial charge in [-0.1, -0.05) is 37.3 Å². The molecule has 0 aliphatic heterocycles. The van der Waals surface area contributed by atoms with E-state index in [1.54, 1.807) is 7.11 Å². The van der Waals surface area contributed by atoms with E-state index >= 15 is 0 Å². The van der Waals surface area contributed by atoms with E-state index in [4.69, 9.17) is 4.74 Å². The van der Waals surface area contributed by atoms with Gasteiger partial charge in [0, 0.05) is 18.5 Å². The monoisotopic (exact) mass is 275 g/mol. The minimum absolute atomic E-state index is 0.248. The van der Waals surface area contributed by atoms with Gasteiger partial charge in [0.2, 0.25) is 0 Å². The molecule has 0 radical (unpaired) electrons. The number of benzene rings is 1. The quantitative estimate of drug-likeness (QED) is 0.830. The first-order valence-corrected chi connectivity index (χ1v) is 7.55. The van der Waals surface area contributed by atoms with Crippen molar-refractivity contribution < 1.29 is 4.74 Å². The van der Waals surface area contributed by atoms with Crippen molar-refractivity contribution in [1.29, 1.82) is 0 Å². The first kappa shape index (κ1) is 14.3. The maximum absolute atomic E-state index is 5.33. The first-order valence-electron chi connectivity index (χ1n) is 6.67. The Balaban J connectivity index is 2.02. The van der Waals surface area contributed by atoms with Crippen molar-refractivity contribution in [2.75, 3.05) is 13.7 Å². The van der Waals surface area contributed by atoms with Crippen LogP contribution in [0.3, 0.4) is 0 Å². The number of hydrogen-bond donors (Lipinski definition) is 1. The van der Waals surface area contributed by atoms with Gasteiger partial charge in [0.1, 0.15) is 0 Å². The lowest BCUT2D eigenvalue weighted by atomic mass is 10.1. The number of hydrogen-bond acceptors (Lipinski definition) is 3. The van der Waals surface area contributed by atoms with Crippen molar-refractivity contribution >= 4 is 11.3 Å². The van der Waals surface area contributed by atoms with E-state index in [9.17, 15) is 0 Å². The topological polar surface area (TPSA) is 21.3 Å². The highest BCUT2D eigenvalue weighted by Gasteiger charge is 2.11. The van der Waals surface area contributed by atoms with E-state index in [-0.39, 0.29) is 6.04 Å². The van der Waals surface area contributed by atoms with Crippen molar-refractivity contribution in [2.24, 2.45) is 0 Å². The second kappa shape index (κ2) is 7.43. The first-order chi connectivity index (χ1) is 9.35. The number of rotatable bonds is 7. The van der Waals surface area contributed by atoms with Crippen LogP contribution in [0.15, 0.2) is 41.8 Å². The van der Waals surface area contributed by atoms with Crippen LogP contribution in [0.2, 0.25) is 0 Å². The molecular weight excluding hydrogens is 254 g/mol. The molecule has 102 valence electrons. The van der Waals surface area contributed by atoms with E-state index in [1.165, 1.54) is 16.0 Å². The molecule has 2 nitrogen and oxygen atoms in total. The SMILES string of the molecule is CCc1ccsc1CNC(COC)c1ccccc1. The maximum Gasteiger partial charge on any atom is 0.0657 e. The Morgan fingerprint density at radius 3 is 2.68 bits per heavy atom. The lowest BCUT2D eigenvalue weighted by Gasteiger charge is -2.18. The van der Waals surface area contributed by atoms with Crippen LogP contribution < -0.4 is 5.32 Å². The van der Waals surface area contributed by atoms with E-state index in [2.05, 4.69) is 48.0 Å². The van der Waals surface area contributed by atoms with Gasteiger partial charge in [0.25, 0.3) is 0 Å². The Kier molecular flexibility index (Phi) is 5.58. The molecule has 0 spiro atoms. The minimum atomic E-state index is 0.248.